The molecule has 0 aliphatic carbocycles. The average molecular weight is 464 g/mol. The molecule has 1 saturated heterocycles. The van der Waals surface area contributed by atoms with Crippen LogP contribution in [0.5, 0.6) is 0 Å². The van der Waals surface area contributed by atoms with E-state index in [9.17, 15) is 13.6 Å². The van der Waals surface area contributed by atoms with Crippen molar-refractivity contribution in [2.24, 2.45) is 0 Å². The molecule has 177 valence electrons. The van der Waals surface area contributed by atoms with E-state index in [1.165, 1.54) is 24.3 Å². The lowest BCUT2D eigenvalue weighted by Crippen LogP contribution is -2.45. The van der Waals surface area contributed by atoms with E-state index in [-0.39, 0.29) is 23.6 Å². The number of hydrazine groups is 1. The van der Waals surface area contributed by atoms with Gasteiger partial charge in [-0.2, -0.15) is 5.32 Å². The first-order valence-electron chi connectivity index (χ1n) is 11.6. The summed E-state index contributed by atoms with van der Waals surface area (Å²) < 4.78 is 26.9. The van der Waals surface area contributed by atoms with E-state index in [2.05, 4.69) is 15.6 Å². The molecule has 1 N–H and O–H groups in total. The summed E-state index contributed by atoms with van der Waals surface area (Å²) in [6, 6.07) is 22.0. The maximum atomic E-state index is 13.5. The SMILES string of the molecule is O=C([N]c1ccccc1)N1CCN(CCCC(c2ccc(F)cc2)c2ccc(F)cc2)CCN1. The van der Waals surface area contributed by atoms with Gasteiger partial charge in [-0.25, -0.2) is 19.0 Å². The third-order valence-corrected chi connectivity index (χ3v) is 6.09. The lowest BCUT2D eigenvalue weighted by Gasteiger charge is -2.23. The number of nitrogens with zero attached hydrogens (tertiary/aromatic N) is 3. The molecule has 1 radical (unpaired) electrons. The zero-order chi connectivity index (χ0) is 23.8. The number of benzene rings is 3. The lowest BCUT2D eigenvalue weighted by atomic mass is 9.87. The molecule has 0 bridgehead atoms. The number of amides is 2. The van der Waals surface area contributed by atoms with Crippen LogP contribution in [-0.4, -0.2) is 48.7 Å². The van der Waals surface area contributed by atoms with E-state index in [1.54, 1.807) is 41.4 Å². The van der Waals surface area contributed by atoms with Gasteiger partial charge in [-0.3, -0.25) is 5.01 Å². The minimum atomic E-state index is -0.291. The number of urea groups is 1. The molecule has 2 amide bonds. The van der Waals surface area contributed by atoms with Gasteiger partial charge in [0.25, 0.3) is 0 Å². The average Bonchev–Trinajstić information content (AvgIpc) is 3.10. The predicted molar refractivity (Wildman–Crippen MR) is 129 cm³/mol. The molecule has 0 atom stereocenters. The molecule has 3 aromatic carbocycles. The number of halogens is 2. The number of carbonyl (C=O) groups is 1. The van der Waals surface area contributed by atoms with Gasteiger partial charge in [-0.1, -0.05) is 42.5 Å². The number of rotatable bonds is 7. The van der Waals surface area contributed by atoms with E-state index in [0.717, 1.165) is 43.6 Å². The Bertz CT molecular complexity index is 999. The molecule has 34 heavy (non-hydrogen) atoms. The monoisotopic (exact) mass is 463 g/mol. The first kappa shape index (κ1) is 23.9. The van der Waals surface area contributed by atoms with Crippen LogP contribution in [-0.2, 0) is 0 Å². The molecule has 1 heterocycles. The van der Waals surface area contributed by atoms with E-state index in [0.29, 0.717) is 18.8 Å². The topological polar surface area (TPSA) is 49.7 Å². The van der Waals surface area contributed by atoms with Crippen molar-refractivity contribution in [3.63, 3.8) is 0 Å². The fourth-order valence-electron chi connectivity index (χ4n) is 4.27. The summed E-state index contributed by atoms with van der Waals surface area (Å²) in [5.41, 5.74) is 5.85. The van der Waals surface area contributed by atoms with Crippen LogP contribution in [0.2, 0.25) is 0 Å². The maximum absolute atomic E-state index is 13.5. The van der Waals surface area contributed by atoms with E-state index < -0.39 is 0 Å². The molecule has 0 spiro atoms. The Kier molecular flexibility index (Phi) is 8.22. The summed E-state index contributed by atoms with van der Waals surface area (Å²) in [5, 5.41) is 5.74. The number of hydrogen-bond acceptors (Lipinski definition) is 3. The normalized spacial score (nSPS) is 14.7. The molecule has 1 fully saturated rings. The molecule has 1 aliphatic heterocycles. The Balaban J connectivity index is 1.31. The number of hydrogen-bond donors (Lipinski definition) is 1. The van der Waals surface area contributed by atoms with Gasteiger partial charge in [0.1, 0.15) is 11.6 Å². The highest BCUT2D eigenvalue weighted by molar-refractivity contribution is 5.78. The van der Waals surface area contributed by atoms with Crippen molar-refractivity contribution in [3.8, 4) is 0 Å². The number of carbonyl (C=O) groups excluding carboxylic acids is 1. The number of nitrogens with one attached hydrogen (secondary N) is 1. The van der Waals surface area contributed by atoms with Crippen LogP contribution < -0.4 is 10.7 Å². The van der Waals surface area contributed by atoms with Crippen LogP contribution in [0.1, 0.15) is 29.9 Å². The van der Waals surface area contributed by atoms with E-state index in [1.807, 2.05) is 18.2 Å². The van der Waals surface area contributed by atoms with Crippen LogP contribution in [0.3, 0.4) is 0 Å². The third kappa shape index (κ3) is 6.62. The van der Waals surface area contributed by atoms with Crippen molar-refractivity contribution in [1.29, 1.82) is 0 Å². The first-order valence-corrected chi connectivity index (χ1v) is 11.6. The van der Waals surface area contributed by atoms with Crippen LogP contribution in [0.15, 0.2) is 78.9 Å². The minimum Gasteiger partial charge on any atom is -0.300 e. The molecule has 7 heteroatoms. The van der Waals surface area contributed by atoms with Crippen LogP contribution >= 0.6 is 0 Å². The smallest absolute Gasteiger partial charge is 0.300 e. The Morgan fingerprint density at radius 3 is 2.09 bits per heavy atom. The Morgan fingerprint density at radius 2 is 1.47 bits per heavy atom. The second kappa shape index (κ2) is 11.7. The van der Waals surface area contributed by atoms with Crippen molar-refractivity contribution < 1.29 is 13.6 Å². The first-order chi connectivity index (χ1) is 16.6. The highest BCUT2D eigenvalue weighted by Crippen LogP contribution is 2.29. The summed E-state index contributed by atoms with van der Waals surface area (Å²) >= 11 is 0. The Labute approximate surface area is 199 Å². The highest BCUT2D eigenvalue weighted by atomic mass is 19.1. The fraction of sp³-hybridized carbons (Fsp3) is 0.296. The van der Waals surface area contributed by atoms with Gasteiger partial charge >= 0.3 is 6.03 Å². The van der Waals surface area contributed by atoms with E-state index in [4.69, 9.17) is 0 Å². The molecule has 0 unspecified atom stereocenters. The molecule has 0 saturated carbocycles. The molecule has 1 aliphatic rings. The van der Waals surface area contributed by atoms with Crippen molar-refractivity contribution in [2.75, 3.05) is 32.7 Å². The Hall–Kier alpha value is -3.29. The summed E-state index contributed by atoms with van der Waals surface area (Å²) in [4.78, 5) is 14.8. The molecule has 4 rings (SSSR count). The van der Waals surface area contributed by atoms with Gasteiger partial charge in [0, 0.05) is 25.6 Å². The Morgan fingerprint density at radius 1 is 0.853 bits per heavy atom. The maximum Gasteiger partial charge on any atom is 0.358 e. The molecular formula is C27H29F2N4O. The van der Waals surface area contributed by atoms with Crippen molar-refractivity contribution in [1.82, 2.24) is 20.7 Å². The molecule has 5 nitrogen and oxygen atoms in total. The summed E-state index contributed by atoms with van der Waals surface area (Å²) in [7, 11) is 0. The van der Waals surface area contributed by atoms with Gasteiger partial charge in [0.05, 0.1) is 12.2 Å². The predicted octanol–water partition coefficient (Wildman–Crippen LogP) is 5.06. The van der Waals surface area contributed by atoms with E-state index >= 15 is 0 Å². The quantitative estimate of drug-likeness (QED) is 0.533. The fourth-order valence-corrected chi connectivity index (χ4v) is 4.27. The van der Waals surface area contributed by atoms with Crippen LogP contribution in [0, 0.1) is 11.6 Å². The number of para-hydroxylation sites is 1. The standard InChI is InChI=1S/C27H29F2N4O/c28-23-12-8-21(9-13-23)26(22-10-14-24(29)15-11-22)7-4-17-32-18-16-30-33(20-19-32)27(34)31-25-5-2-1-3-6-25/h1-3,5-6,8-15,26,30H,4,7,16-20H2. The molecular weight excluding hydrogens is 434 g/mol. The zero-order valence-corrected chi connectivity index (χ0v) is 19.0. The summed E-state index contributed by atoms with van der Waals surface area (Å²) in [6.07, 6.45) is 1.77. The molecule has 0 aromatic heterocycles. The zero-order valence-electron chi connectivity index (χ0n) is 19.0. The van der Waals surface area contributed by atoms with Gasteiger partial charge in [0.15, 0.2) is 0 Å². The van der Waals surface area contributed by atoms with Gasteiger partial charge in [-0.05, 0) is 66.9 Å². The van der Waals surface area contributed by atoms with Crippen molar-refractivity contribution >= 4 is 11.7 Å². The third-order valence-electron chi connectivity index (χ3n) is 6.09. The van der Waals surface area contributed by atoms with Crippen molar-refractivity contribution in [3.05, 3.63) is 102 Å². The second-order valence-corrected chi connectivity index (χ2v) is 8.43. The largest absolute Gasteiger partial charge is 0.358 e. The van der Waals surface area contributed by atoms with Crippen molar-refractivity contribution in [2.45, 2.75) is 18.8 Å². The highest BCUT2D eigenvalue weighted by Gasteiger charge is 2.21. The summed E-state index contributed by atoms with van der Waals surface area (Å²) in [5.74, 6) is -0.470. The van der Waals surface area contributed by atoms with Gasteiger partial charge in [0.2, 0.25) is 0 Å². The van der Waals surface area contributed by atoms with Crippen LogP contribution in [0.4, 0.5) is 19.3 Å². The lowest BCUT2D eigenvalue weighted by molar-refractivity contribution is 0.178. The molecule has 3 aromatic rings. The van der Waals surface area contributed by atoms with Gasteiger partial charge < -0.3 is 4.90 Å². The summed E-state index contributed by atoms with van der Waals surface area (Å²) in [6.45, 7) is 3.66. The van der Waals surface area contributed by atoms with Crippen LogP contribution in [0.25, 0.3) is 0 Å². The second-order valence-electron chi connectivity index (χ2n) is 8.43. The minimum absolute atomic E-state index is 0.0639. The van der Waals surface area contributed by atoms with Gasteiger partial charge in [-0.15, -0.1) is 0 Å².